The number of allylic oxidation sites excluding steroid dienone is 2. The maximum absolute atomic E-state index is 10.3. The Bertz CT molecular complexity index is 239. The normalized spacial score (nSPS) is 10.7. The predicted octanol–water partition coefficient (Wildman–Crippen LogP) is 6.11. The number of hydrogen-bond acceptors (Lipinski definition) is 1. The molecule has 0 heterocycles. The third-order valence-corrected chi connectivity index (χ3v) is 3.65. The summed E-state index contributed by atoms with van der Waals surface area (Å²) in [6.07, 6.45) is 21.2. The molecule has 0 aromatic carbocycles. The molecule has 0 aromatic rings. The van der Waals surface area contributed by atoms with Gasteiger partial charge in [-0.25, -0.2) is 0 Å². The van der Waals surface area contributed by atoms with E-state index in [2.05, 4.69) is 19.1 Å². The Hall–Kier alpha value is -0.167. The fourth-order valence-corrected chi connectivity index (χ4v) is 2.35. The summed E-state index contributed by atoms with van der Waals surface area (Å²) in [5, 5.41) is 8.51. The molecule has 1 N–H and O–H groups in total. The second kappa shape index (κ2) is 19.8. The minimum absolute atomic E-state index is 0. The zero-order valence-electron chi connectivity index (χ0n) is 13.8. The fraction of sp³-hybridized carbons (Fsp3) is 0.833. The molecule has 0 aliphatic heterocycles. The van der Waals surface area contributed by atoms with Gasteiger partial charge in [0.2, 0.25) is 0 Å². The Kier molecular flexibility index (Phi) is 21.8. The summed E-state index contributed by atoms with van der Waals surface area (Å²) >= 11 is 0. The average molecular weight is 384 g/mol. The van der Waals surface area contributed by atoms with E-state index in [1.54, 1.807) is 0 Å². The third-order valence-electron chi connectivity index (χ3n) is 3.65. The molecule has 0 atom stereocenters. The molecule has 0 bridgehead atoms. The smallest absolute Gasteiger partial charge is 0.303 e. The number of unbranched alkanes of at least 4 members (excludes halogenated alkanes) is 11. The van der Waals surface area contributed by atoms with E-state index in [1.165, 1.54) is 70.6 Å². The van der Waals surface area contributed by atoms with Gasteiger partial charge in [-0.05, 0) is 32.1 Å². The standard InChI is InChI=1S/C18H34O2.Ru/c1-2-3-4-5-6-7-8-9-10-11-12-13-14-15-16-17-18(19)20;/h9-10H,2-8,11-17H2,1H3,(H,19,20);. The Labute approximate surface area is 144 Å². The molecule has 0 fully saturated rings. The van der Waals surface area contributed by atoms with E-state index in [0.29, 0.717) is 6.42 Å². The number of carboxylic acids is 1. The van der Waals surface area contributed by atoms with Crippen LogP contribution >= 0.6 is 0 Å². The van der Waals surface area contributed by atoms with Crippen LogP contribution in [0.15, 0.2) is 12.2 Å². The van der Waals surface area contributed by atoms with E-state index in [9.17, 15) is 4.79 Å². The van der Waals surface area contributed by atoms with Crippen LogP contribution in [-0.2, 0) is 24.3 Å². The number of carbonyl (C=O) groups is 1. The Morgan fingerprint density at radius 1 is 0.762 bits per heavy atom. The van der Waals surface area contributed by atoms with E-state index >= 15 is 0 Å². The second-order valence-corrected chi connectivity index (χ2v) is 5.73. The Morgan fingerprint density at radius 2 is 1.19 bits per heavy atom. The van der Waals surface area contributed by atoms with Gasteiger partial charge in [0.05, 0.1) is 0 Å². The molecule has 2 nitrogen and oxygen atoms in total. The first kappa shape index (κ1) is 23.1. The van der Waals surface area contributed by atoms with Gasteiger partial charge in [-0.3, -0.25) is 4.79 Å². The van der Waals surface area contributed by atoms with Crippen molar-refractivity contribution in [1.82, 2.24) is 0 Å². The van der Waals surface area contributed by atoms with Gasteiger partial charge in [-0.1, -0.05) is 70.4 Å². The largest absolute Gasteiger partial charge is 0.481 e. The van der Waals surface area contributed by atoms with Crippen LogP contribution in [0.3, 0.4) is 0 Å². The van der Waals surface area contributed by atoms with Crippen molar-refractivity contribution >= 4 is 5.97 Å². The summed E-state index contributed by atoms with van der Waals surface area (Å²) in [6.45, 7) is 2.26. The topological polar surface area (TPSA) is 37.3 Å². The fourth-order valence-electron chi connectivity index (χ4n) is 2.35. The monoisotopic (exact) mass is 384 g/mol. The molecule has 0 radical (unpaired) electrons. The van der Waals surface area contributed by atoms with Gasteiger partial charge in [0.1, 0.15) is 0 Å². The summed E-state index contributed by atoms with van der Waals surface area (Å²) in [5.74, 6) is -0.664. The van der Waals surface area contributed by atoms with Crippen LogP contribution in [0, 0.1) is 0 Å². The first-order valence-electron chi connectivity index (χ1n) is 8.64. The van der Waals surface area contributed by atoms with Gasteiger partial charge in [0.15, 0.2) is 0 Å². The van der Waals surface area contributed by atoms with E-state index in [-0.39, 0.29) is 19.5 Å². The van der Waals surface area contributed by atoms with Crippen molar-refractivity contribution in [3.05, 3.63) is 12.2 Å². The van der Waals surface area contributed by atoms with Crippen LogP contribution in [0.1, 0.15) is 96.8 Å². The first-order chi connectivity index (χ1) is 9.77. The van der Waals surface area contributed by atoms with Crippen molar-refractivity contribution in [2.75, 3.05) is 0 Å². The minimum atomic E-state index is -0.664. The van der Waals surface area contributed by atoms with Gasteiger partial charge >= 0.3 is 5.97 Å². The molecule has 0 saturated heterocycles. The van der Waals surface area contributed by atoms with Crippen LogP contribution in [0.25, 0.3) is 0 Å². The molecule has 126 valence electrons. The molecule has 0 amide bonds. The van der Waals surface area contributed by atoms with Crippen molar-refractivity contribution in [1.29, 1.82) is 0 Å². The zero-order valence-corrected chi connectivity index (χ0v) is 15.5. The van der Waals surface area contributed by atoms with Crippen LogP contribution in [-0.4, -0.2) is 11.1 Å². The molecule has 0 aliphatic rings. The number of rotatable bonds is 15. The summed E-state index contributed by atoms with van der Waals surface area (Å²) in [5.41, 5.74) is 0. The van der Waals surface area contributed by atoms with Crippen LogP contribution in [0.4, 0.5) is 0 Å². The van der Waals surface area contributed by atoms with Gasteiger partial charge in [0.25, 0.3) is 0 Å². The average Bonchev–Trinajstić information content (AvgIpc) is 2.43. The van der Waals surface area contributed by atoms with Crippen molar-refractivity contribution < 1.29 is 29.4 Å². The maximum Gasteiger partial charge on any atom is 0.303 e. The van der Waals surface area contributed by atoms with E-state index in [1.807, 2.05) is 0 Å². The molecular formula is C18H34O2Ru. The van der Waals surface area contributed by atoms with Gasteiger partial charge in [-0.15, -0.1) is 0 Å². The molecular weight excluding hydrogens is 349 g/mol. The Balaban J connectivity index is 0. The summed E-state index contributed by atoms with van der Waals surface area (Å²) in [7, 11) is 0. The summed E-state index contributed by atoms with van der Waals surface area (Å²) < 4.78 is 0. The van der Waals surface area contributed by atoms with Crippen molar-refractivity contribution in [3.8, 4) is 0 Å². The number of hydrogen-bond donors (Lipinski definition) is 1. The molecule has 0 rings (SSSR count). The number of carboxylic acid groups (broad SMARTS) is 1. The van der Waals surface area contributed by atoms with Crippen LogP contribution < -0.4 is 0 Å². The SMILES string of the molecule is CCCCCCCCC=CCCCCCCCC(=O)O.[Ru]. The molecule has 0 aliphatic carbocycles. The summed E-state index contributed by atoms with van der Waals surface area (Å²) in [4.78, 5) is 10.3. The molecule has 0 saturated carbocycles. The van der Waals surface area contributed by atoms with Crippen molar-refractivity contribution in [2.45, 2.75) is 96.8 Å². The molecule has 0 aromatic heterocycles. The van der Waals surface area contributed by atoms with Crippen LogP contribution in [0.2, 0.25) is 0 Å². The molecule has 21 heavy (non-hydrogen) atoms. The molecule has 0 unspecified atom stereocenters. The van der Waals surface area contributed by atoms with Gasteiger partial charge < -0.3 is 5.11 Å². The van der Waals surface area contributed by atoms with Gasteiger partial charge in [0, 0.05) is 25.9 Å². The van der Waals surface area contributed by atoms with Crippen molar-refractivity contribution in [2.24, 2.45) is 0 Å². The van der Waals surface area contributed by atoms with E-state index < -0.39 is 5.97 Å². The predicted molar refractivity (Wildman–Crippen MR) is 87.1 cm³/mol. The maximum atomic E-state index is 10.3. The molecule has 3 heteroatoms. The van der Waals surface area contributed by atoms with Crippen LogP contribution in [0.5, 0.6) is 0 Å². The third kappa shape index (κ3) is 22.3. The van der Waals surface area contributed by atoms with Gasteiger partial charge in [-0.2, -0.15) is 0 Å². The molecule has 0 spiro atoms. The Morgan fingerprint density at radius 3 is 1.67 bits per heavy atom. The number of aliphatic carboxylic acids is 1. The van der Waals surface area contributed by atoms with E-state index in [4.69, 9.17) is 5.11 Å². The zero-order chi connectivity index (χ0) is 14.9. The minimum Gasteiger partial charge on any atom is -0.481 e. The first-order valence-corrected chi connectivity index (χ1v) is 8.64. The van der Waals surface area contributed by atoms with E-state index in [0.717, 1.165) is 12.8 Å². The van der Waals surface area contributed by atoms with Crippen molar-refractivity contribution in [3.63, 3.8) is 0 Å². The summed E-state index contributed by atoms with van der Waals surface area (Å²) in [6, 6.07) is 0. The second-order valence-electron chi connectivity index (χ2n) is 5.73. The quantitative estimate of drug-likeness (QED) is 0.211.